The lowest BCUT2D eigenvalue weighted by Gasteiger charge is -2.36. The zero-order valence-corrected chi connectivity index (χ0v) is 9.32. The van der Waals surface area contributed by atoms with Gasteiger partial charge >= 0.3 is 0 Å². The van der Waals surface area contributed by atoms with Crippen LogP contribution in [-0.4, -0.2) is 29.2 Å². The largest absolute Gasteiger partial charge is 0.332 e. The first-order valence-corrected chi connectivity index (χ1v) is 5.85. The van der Waals surface area contributed by atoms with Gasteiger partial charge in [-0.15, -0.1) is 0 Å². The van der Waals surface area contributed by atoms with Gasteiger partial charge in [0.1, 0.15) is 0 Å². The number of piperidine rings is 1. The number of nitrogens with zero attached hydrogens (tertiary/aromatic N) is 1. The lowest BCUT2D eigenvalue weighted by Crippen LogP contribution is -2.45. The molecule has 3 aliphatic rings. The van der Waals surface area contributed by atoms with Crippen molar-refractivity contribution in [2.75, 3.05) is 6.54 Å². The van der Waals surface area contributed by atoms with Crippen molar-refractivity contribution in [1.82, 2.24) is 4.90 Å². The maximum absolute atomic E-state index is 11.6. The van der Waals surface area contributed by atoms with E-state index in [4.69, 9.17) is 0 Å². The number of likely N-dealkylation sites (tertiary alicyclic amines) is 1. The predicted molar refractivity (Wildman–Crippen MR) is 55.1 cm³/mol. The van der Waals surface area contributed by atoms with Crippen LogP contribution in [0.3, 0.4) is 0 Å². The van der Waals surface area contributed by atoms with Crippen LogP contribution in [-0.2, 0) is 9.59 Å². The highest BCUT2D eigenvalue weighted by molar-refractivity contribution is 5.88. The van der Waals surface area contributed by atoms with Gasteiger partial charge in [-0.1, -0.05) is 6.42 Å². The second-order valence-electron chi connectivity index (χ2n) is 5.45. The minimum atomic E-state index is -0.0900. The SMILES string of the molecule is CC(=O)C1C2C(CN1C(C)=O)C21CCC1. The first kappa shape index (κ1) is 9.37. The minimum absolute atomic E-state index is 0.0665. The third kappa shape index (κ3) is 0.963. The first-order valence-electron chi connectivity index (χ1n) is 5.85. The molecule has 3 rings (SSSR count). The fourth-order valence-corrected chi connectivity index (χ4v) is 4.05. The first-order chi connectivity index (χ1) is 7.08. The molecule has 1 amide bonds. The Morgan fingerprint density at radius 3 is 2.33 bits per heavy atom. The summed E-state index contributed by atoms with van der Waals surface area (Å²) < 4.78 is 0. The molecular weight excluding hydrogens is 190 g/mol. The van der Waals surface area contributed by atoms with Gasteiger partial charge in [-0.2, -0.15) is 0 Å². The summed E-state index contributed by atoms with van der Waals surface area (Å²) in [5, 5.41) is 0. The van der Waals surface area contributed by atoms with E-state index in [1.54, 1.807) is 18.7 Å². The van der Waals surface area contributed by atoms with Gasteiger partial charge in [-0.3, -0.25) is 9.59 Å². The molecule has 0 aromatic carbocycles. The van der Waals surface area contributed by atoms with Crippen LogP contribution in [0.5, 0.6) is 0 Å². The molecule has 0 aromatic heterocycles. The Hall–Kier alpha value is -0.860. The number of carbonyl (C=O) groups excluding carboxylic acids is 2. The summed E-state index contributed by atoms with van der Waals surface area (Å²) in [6, 6.07) is -0.0900. The van der Waals surface area contributed by atoms with Gasteiger partial charge in [0, 0.05) is 13.5 Å². The van der Waals surface area contributed by atoms with Crippen LogP contribution in [0.2, 0.25) is 0 Å². The third-order valence-electron chi connectivity index (χ3n) is 4.90. The van der Waals surface area contributed by atoms with Crippen LogP contribution in [0.4, 0.5) is 0 Å². The van der Waals surface area contributed by atoms with Gasteiger partial charge in [0.05, 0.1) is 6.04 Å². The van der Waals surface area contributed by atoms with Gasteiger partial charge in [-0.05, 0) is 37.0 Å². The van der Waals surface area contributed by atoms with E-state index in [2.05, 4.69) is 0 Å². The summed E-state index contributed by atoms with van der Waals surface area (Å²) in [7, 11) is 0. The van der Waals surface area contributed by atoms with Gasteiger partial charge in [0.25, 0.3) is 0 Å². The minimum Gasteiger partial charge on any atom is -0.332 e. The third-order valence-corrected chi connectivity index (χ3v) is 4.90. The van der Waals surface area contributed by atoms with Crippen LogP contribution in [0, 0.1) is 17.3 Å². The van der Waals surface area contributed by atoms with Crippen molar-refractivity contribution in [3.8, 4) is 0 Å². The number of Topliss-reactive ketones (excluding diaryl/α,β-unsaturated/α-hetero) is 1. The quantitative estimate of drug-likeness (QED) is 0.648. The normalized spacial score (nSPS) is 39.9. The lowest BCUT2D eigenvalue weighted by atomic mass is 9.76. The highest BCUT2D eigenvalue weighted by Crippen LogP contribution is 2.74. The van der Waals surface area contributed by atoms with Crippen LogP contribution in [0.1, 0.15) is 33.1 Å². The summed E-state index contributed by atoms with van der Waals surface area (Å²) in [5.74, 6) is 1.40. The topological polar surface area (TPSA) is 37.4 Å². The Morgan fingerprint density at radius 2 is 1.93 bits per heavy atom. The van der Waals surface area contributed by atoms with Crippen LogP contribution in [0.25, 0.3) is 0 Å². The number of amides is 1. The molecule has 1 aliphatic heterocycles. The van der Waals surface area contributed by atoms with Crippen LogP contribution >= 0.6 is 0 Å². The number of carbonyl (C=O) groups is 2. The Morgan fingerprint density at radius 1 is 1.27 bits per heavy atom. The van der Waals surface area contributed by atoms with Crippen molar-refractivity contribution in [2.24, 2.45) is 17.3 Å². The molecule has 0 radical (unpaired) electrons. The van der Waals surface area contributed by atoms with Crippen LogP contribution < -0.4 is 0 Å². The van der Waals surface area contributed by atoms with Gasteiger partial charge in [0.15, 0.2) is 5.78 Å². The molecule has 1 heterocycles. The molecule has 2 aliphatic carbocycles. The maximum atomic E-state index is 11.6. The Kier molecular flexibility index (Phi) is 1.64. The fourth-order valence-electron chi connectivity index (χ4n) is 4.05. The number of hydrogen-bond donors (Lipinski definition) is 0. The molecule has 0 aromatic rings. The Balaban J connectivity index is 1.85. The molecule has 0 N–H and O–H groups in total. The maximum Gasteiger partial charge on any atom is 0.220 e. The molecule has 82 valence electrons. The van der Waals surface area contributed by atoms with Crippen LogP contribution in [0.15, 0.2) is 0 Å². The molecule has 15 heavy (non-hydrogen) atoms. The molecule has 3 unspecified atom stereocenters. The van der Waals surface area contributed by atoms with E-state index in [9.17, 15) is 9.59 Å². The van der Waals surface area contributed by atoms with Gasteiger partial charge < -0.3 is 4.90 Å². The second kappa shape index (κ2) is 2.63. The Bertz CT molecular complexity index is 346. The molecule has 3 heteroatoms. The van der Waals surface area contributed by atoms with Crippen molar-refractivity contribution >= 4 is 11.7 Å². The number of rotatable bonds is 1. The van der Waals surface area contributed by atoms with E-state index >= 15 is 0 Å². The number of hydrogen-bond acceptors (Lipinski definition) is 2. The molecule has 1 saturated heterocycles. The highest BCUT2D eigenvalue weighted by Gasteiger charge is 2.74. The monoisotopic (exact) mass is 207 g/mol. The summed E-state index contributed by atoms with van der Waals surface area (Å²) >= 11 is 0. The highest BCUT2D eigenvalue weighted by atomic mass is 16.2. The van der Waals surface area contributed by atoms with Gasteiger partial charge in [-0.25, -0.2) is 0 Å². The van der Waals surface area contributed by atoms with Crippen molar-refractivity contribution < 1.29 is 9.59 Å². The van der Waals surface area contributed by atoms with Gasteiger partial charge in [0.2, 0.25) is 5.91 Å². The number of fused-ring (bicyclic) bond motifs is 3. The molecule has 3 nitrogen and oxygen atoms in total. The smallest absolute Gasteiger partial charge is 0.220 e. The molecule has 3 fully saturated rings. The van der Waals surface area contributed by atoms with Crippen molar-refractivity contribution in [1.29, 1.82) is 0 Å². The molecule has 3 atom stereocenters. The second-order valence-corrected chi connectivity index (χ2v) is 5.45. The summed E-state index contributed by atoms with van der Waals surface area (Å²) in [6.45, 7) is 4.05. The predicted octanol–water partition coefficient (Wildman–Crippen LogP) is 1.22. The lowest BCUT2D eigenvalue weighted by molar-refractivity contribution is -0.137. The van der Waals surface area contributed by atoms with Crippen molar-refractivity contribution in [3.05, 3.63) is 0 Å². The van der Waals surface area contributed by atoms with Crippen molar-refractivity contribution in [2.45, 2.75) is 39.2 Å². The number of ketones is 1. The Labute approximate surface area is 89.8 Å². The molecule has 2 saturated carbocycles. The summed E-state index contributed by atoms with van der Waals surface area (Å²) in [6.07, 6.45) is 3.90. The van der Waals surface area contributed by atoms with E-state index in [-0.39, 0.29) is 17.7 Å². The summed E-state index contributed by atoms with van der Waals surface area (Å²) in [4.78, 5) is 24.8. The van der Waals surface area contributed by atoms with Crippen molar-refractivity contribution in [3.63, 3.8) is 0 Å². The van der Waals surface area contributed by atoms with E-state index in [0.717, 1.165) is 6.54 Å². The molecule has 0 bridgehead atoms. The van der Waals surface area contributed by atoms with E-state index < -0.39 is 0 Å². The molecule has 1 spiro atoms. The zero-order chi connectivity index (χ0) is 10.8. The van der Waals surface area contributed by atoms with E-state index in [0.29, 0.717) is 17.3 Å². The van der Waals surface area contributed by atoms with E-state index in [1.165, 1.54) is 19.3 Å². The molecular formula is C12H17NO2. The fraction of sp³-hybridized carbons (Fsp3) is 0.833. The average Bonchev–Trinajstić information content (AvgIpc) is 2.56. The summed E-state index contributed by atoms with van der Waals surface area (Å²) in [5.41, 5.74) is 0.488. The van der Waals surface area contributed by atoms with E-state index in [1.807, 2.05) is 0 Å². The standard InChI is InChI=1S/C12H17NO2/c1-7(14)11-10-9(6-13(11)8(2)15)12(10)4-3-5-12/h9-11H,3-6H2,1-2H3. The zero-order valence-electron chi connectivity index (χ0n) is 9.32. The average molecular weight is 207 g/mol.